The van der Waals surface area contributed by atoms with Crippen molar-refractivity contribution in [2.24, 2.45) is 0 Å². The van der Waals surface area contributed by atoms with Crippen molar-refractivity contribution in [3.05, 3.63) is 175 Å². The Kier molecular flexibility index (Phi) is 44.5. The smallest absolute Gasteiger partial charge is 0.243 e. The Balaban J connectivity index is 0.000000501. The summed E-state index contributed by atoms with van der Waals surface area (Å²) in [6, 6.07) is 40.6. The van der Waals surface area contributed by atoms with Gasteiger partial charge in [0.1, 0.15) is 39.5 Å². The second kappa shape index (κ2) is 47.6. The minimum absolute atomic E-state index is 0. The molecule has 0 saturated heterocycles. The zero-order valence-electron chi connectivity index (χ0n) is 40.2. The summed E-state index contributed by atoms with van der Waals surface area (Å²) < 4.78 is 5.82. The molecule has 0 radical (unpaired) electrons. The molecule has 1 amide bonds. The maximum atomic E-state index is 11.3. The van der Waals surface area contributed by atoms with E-state index >= 15 is 0 Å². The predicted molar refractivity (Wildman–Crippen MR) is 339 cm³/mol. The zero-order valence-corrected chi connectivity index (χ0v) is 54.9. The summed E-state index contributed by atoms with van der Waals surface area (Å²) >= 11 is 12.7. The van der Waals surface area contributed by atoms with Gasteiger partial charge >= 0.3 is 56.5 Å². The third-order valence-electron chi connectivity index (χ3n) is 9.40. The molecular formula is C51H61BrI6N11O4-. The van der Waals surface area contributed by atoms with Gasteiger partial charge in [0.15, 0.2) is 0 Å². The van der Waals surface area contributed by atoms with Crippen LogP contribution in [0, 0.1) is 0 Å². The van der Waals surface area contributed by atoms with Gasteiger partial charge in [-0.25, -0.2) is 40.4 Å². The first-order valence-corrected chi connectivity index (χ1v) is 42.5. The first-order chi connectivity index (χ1) is 35.4. The van der Waals surface area contributed by atoms with E-state index in [1.54, 1.807) is 48.9 Å². The molecule has 7 rings (SSSR count). The normalized spacial score (nSPS) is 9.58. The van der Waals surface area contributed by atoms with Gasteiger partial charge in [0.25, 0.3) is 0 Å². The third kappa shape index (κ3) is 33.8. The van der Waals surface area contributed by atoms with Gasteiger partial charge in [-0.05, 0) is 133 Å². The number of esters is 1. The van der Waals surface area contributed by atoms with E-state index in [-0.39, 0.29) is 35.9 Å². The maximum absolute atomic E-state index is 11.3. The summed E-state index contributed by atoms with van der Waals surface area (Å²) in [5.41, 5.74) is 1.65. The van der Waals surface area contributed by atoms with Crippen LogP contribution in [0.15, 0.2) is 175 Å². The van der Waals surface area contributed by atoms with Crippen molar-refractivity contribution in [2.45, 2.75) is 71.1 Å². The fourth-order valence-corrected chi connectivity index (χ4v) is 6.45. The number of amides is 1. The summed E-state index contributed by atoms with van der Waals surface area (Å²) in [6.45, 7) is 3.97. The number of carbonyl (C=O) groups excluding carboxylic acids is 2. The van der Waals surface area contributed by atoms with Gasteiger partial charge in [0.2, 0.25) is 5.91 Å². The molecule has 15 nitrogen and oxygen atoms in total. The number of pyridine rings is 7. The average molecular weight is 1730 g/mol. The van der Waals surface area contributed by atoms with Crippen molar-refractivity contribution in [1.29, 1.82) is 0 Å². The first-order valence-electron chi connectivity index (χ1n) is 22.8. The van der Waals surface area contributed by atoms with Crippen LogP contribution in [0.1, 0.15) is 71.1 Å². The molecule has 0 aliphatic carbocycles. The van der Waals surface area contributed by atoms with Gasteiger partial charge in [-0.1, -0.05) is 68.1 Å². The summed E-state index contributed by atoms with van der Waals surface area (Å²) in [6.07, 6.45) is 21.0. The molecule has 0 spiro atoms. The molecule has 7 heterocycles. The molecule has 7 aromatic heterocycles. The van der Waals surface area contributed by atoms with Crippen molar-refractivity contribution in [1.82, 2.24) is 40.4 Å². The molecule has 0 atom stereocenters. The van der Waals surface area contributed by atoms with Gasteiger partial charge < -0.3 is 19.9 Å². The molecule has 0 aliphatic rings. The number of rotatable bonds is 21. The number of hydrogen-bond acceptors (Lipinski definition) is 14. The SMILES string of the molecule is Brc1ccccn1.CCOC(=O)CCCCCCN(c1ccccn1)c1ccccn1.I.II.I[I-]I.O=C(CCCCCCN(c1ccccn1)c1ccccn1)NO.c1ccc(Nc2ccccn2)nc1. The minimum Gasteiger partial charge on any atom is -0.325 e. The second-order valence-corrected chi connectivity index (χ2v) is 31.5. The number of carbonyl (C=O) groups is 2. The standard InChI is InChI=1S/C19H25N3O2.C17H22N4O2.C10H9N3.C5H4BrN.I3.I2.HI/c1-2-24-19(23)13-5-3-4-10-16-22(17-11-6-8-14-20-17)18-12-7-9-15-21-18;22-17(20-23)11-3-1-2-8-14-21(15-9-4-6-12-18-15)16-10-5-7-13-19-16;1-3-7-11-9(5-1)13-10-6-2-4-8-12-10;6-5-3-1-2-4-7-5;1-3-2;1-2;/h6-9,11-12,14-15H,2-5,10,13,16H2,1H3;4-7,9-10,12-13,23H,1-3,8,11,14H2,(H,20,22);1-8H,(H,11,12,13);1-4H;;;1H/q;;;;-1;;. The van der Waals surface area contributed by atoms with Crippen molar-refractivity contribution in [2.75, 3.05) is 34.8 Å². The van der Waals surface area contributed by atoms with Crippen LogP contribution < -0.4 is 33.9 Å². The van der Waals surface area contributed by atoms with Gasteiger partial charge in [0.05, 0.1) is 6.61 Å². The van der Waals surface area contributed by atoms with E-state index in [1.807, 2.05) is 134 Å². The quantitative estimate of drug-likeness (QED) is 0.0154. The number of unbranched alkanes of at least 4 members (excludes halogenated alkanes) is 6. The van der Waals surface area contributed by atoms with E-state index in [0.717, 1.165) is 104 Å². The minimum atomic E-state index is -0.325. The van der Waals surface area contributed by atoms with E-state index < -0.39 is 0 Å². The molecule has 73 heavy (non-hydrogen) atoms. The van der Waals surface area contributed by atoms with E-state index in [1.165, 1.54) is 0 Å². The largest absolute Gasteiger partial charge is 0.325 e. The number of nitrogens with zero attached hydrogens (tertiary/aromatic N) is 9. The molecule has 0 fully saturated rings. The van der Waals surface area contributed by atoms with Crippen LogP contribution in [0.25, 0.3) is 0 Å². The summed E-state index contributed by atoms with van der Waals surface area (Å²) in [7, 11) is 0. The second-order valence-electron chi connectivity index (χ2n) is 14.5. The topological polar surface area (TPSA) is 184 Å². The molecule has 394 valence electrons. The summed E-state index contributed by atoms with van der Waals surface area (Å²) in [5.74, 6) is 4.76. The van der Waals surface area contributed by atoms with Gasteiger partial charge in [-0.15, -0.1) is 24.0 Å². The summed E-state index contributed by atoms with van der Waals surface area (Å²) in [4.78, 5) is 56.3. The number of halogens is 7. The van der Waals surface area contributed by atoms with Crippen molar-refractivity contribution < 1.29 is 32.8 Å². The maximum Gasteiger partial charge on any atom is 0.243 e. The Hall–Kier alpha value is -2.79. The van der Waals surface area contributed by atoms with Crippen LogP contribution in [0.2, 0.25) is 0 Å². The zero-order chi connectivity index (χ0) is 52.1. The monoisotopic (exact) mass is 1730 g/mol. The van der Waals surface area contributed by atoms with Gasteiger partial charge in [-0.3, -0.25) is 14.8 Å². The van der Waals surface area contributed by atoms with Crippen LogP contribution in [-0.2, 0) is 14.3 Å². The number of ether oxygens (including phenoxy) is 1. The van der Waals surface area contributed by atoms with Gasteiger partial charge in [-0.2, -0.15) is 0 Å². The third-order valence-corrected chi connectivity index (χ3v) is 9.87. The number of hydrogen-bond donors (Lipinski definition) is 3. The van der Waals surface area contributed by atoms with Crippen molar-refractivity contribution in [3.63, 3.8) is 0 Å². The fourth-order valence-electron chi connectivity index (χ4n) is 6.18. The Bertz CT molecular complexity index is 2230. The van der Waals surface area contributed by atoms with E-state index in [4.69, 9.17) is 9.94 Å². The molecule has 3 N–H and O–H groups in total. The van der Waals surface area contributed by atoms with Crippen LogP contribution in [-0.4, -0.2) is 71.7 Å². The van der Waals surface area contributed by atoms with Crippen LogP contribution in [0.3, 0.4) is 0 Å². The Morgan fingerprint density at radius 3 is 1.16 bits per heavy atom. The Labute approximate surface area is 509 Å². The van der Waals surface area contributed by atoms with Crippen LogP contribution in [0.4, 0.5) is 34.9 Å². The van der Waals surface area contributed by atoms with Crippen molar-refractivity contribution >= 4 is 161 Å². The number of hydroxylamine groups is 1. The van der Waals surface area contributed by atoms with Gasteiger partial charge in [0, 0.05) is 107 Å². The van der Waals surface area contributed by atoms with Crippen LogP contribution in [0.5, 0.6) is 0 Å². The molecule has 0 unspecified atom stereocenters. The predicted octanol–water partition coefficient (Wildman–Crippen LogP) is 12.4. The molecular weight excluding hydrogens is 1670 g/mol. The number of aromatic nitrogens is 7. The number of anilines is 6. The van der Waals surface area contributed by atoms with E-state index in [2.05, 4.69) is 140 Å². The fraction of sp³-hybridized carbons (Fsp3) is 0.275. The Morgan fingerprint density at radius 1 is 0.534 bits per heavy atom. The Morgan fingerprint density at radius 2 is 0.877 bits per heavy atom. The molecule has 0 aromatic carbocycles. The van der Waals surface area contributed by atoms with Crippen LogP contribution >= 0.6 is 114 Å². The molecule has 0 aliphatic heterocycles. The molecule has 0 saturated carbocycles. The number of nitrogens with one attached hydrogen (secondary N) is 2. The first kappa shape index (κ1) is 68.2. The molecule has 22 heteroatoms. The van der Waals surface area contributed by atoms with E-state index in [9.17, 15) is 9.59 Å². The van der Waals surface area contributed by atoms with Crippen molar-refractivity contribution in [3.8, 4) is 0 Å². The summed E-state index contributed by atoms with van der Waals surface area (Å²) in [5, 5.41) is 11.5. The molecule has 0 bridgehead atoms. The average Bonchev–Trinajstić information content (AvgIpc) is 3.43. The molecule has 7 aromatic rings. The van der Waals surface area contributed by atoms with E-state index in [0.29, 0.717) is 32.7 Å².